The van der Waals surface area contributed by atoms with Crippen molar-refractivity contribution in [1.29, 1.82) is 0 Å². The average Bonchev–Trinajstić information content (AvgIpc) is 3.06. The summed E-state index contributed by atoms with van der Waals surface area (Å²) < 4.78 is 38.2. The number of nitrogens with zero attached hydrogens (tertiary/aromatic N) is 1. The molecule has 1 heterocycles. The Morgan fingerprint density at radius 1 is 1.23 bits per heavy atom. The van der Waals surface area contributed by atoms with Gasteiger partial charge in [0.1, 0.15) is 5.69 Å². The van der Waals surface area contributed by atoms with E-state index < -0.39 is 17.6 Å². The Morgan fingerprint density at radius 2 is 2.00 bits per heavy atom. The molecule has 6 nitrogen and oxygen atoms in total. The second kappa shape index (κ2) is 8.65. The third-order valence-corrected chi connectivity index (χ3v) is 3.92. The van der Waals surface area contributed by atoms with E-state index in [9.17, 15) is 22.8 Å². The maximum Gasteiger partial charge on any atom is 0.416 e. The first-order valence-electron chi connectivity index (χ1n) is 7.74. The molecule has 0 aliphatic heterocycles. The third kappa shape index (κ3) is 5.73. The predicted octanol–water partition coefficient (Wildman–Crippen LogP) is 3.16. The van der Waals surface area contributed by atoms with Crippen molar-refractivity contribution in [1.82, 2.24) is 15.6 Å². The zero-order valence-electron chi connectivity index (χ0n) is 13.8. The molecule has 0 unspecified atom stereocenters. The van der Waals surface area contributed by atoms with Crippen molar-refractivity contribution >= 4 is 34.0 Å². The summed E-state index contributed by atoms with van der Waals surface area (Å²) in [5, 5.41) is 9.50. The number of thiazole rings is 1. The quantitative estimate of drug-likeness (QED) is 0.683. The van der Waals surface area contributed by atoms with Crippen molar-refractivity contribution in [3.63, 3.8) is 0 Å². The molecule has 2 aromatic rings. The number of rotatable bonds is 7. The van der Waals surface area contributed by atoms with E-state index in [2.05, 4.69) is 20.9 Å². The first-order chi connectivity index (χ1) is 12.3. The number of aromatic nitrogens is 1. The van der Waals surface area contributed by atoms with Crippen LogP contribution in [0, 0.1) is 0 Å². The van der Waals surface area contributed by atoms with Gasteiger partial charge in [-0.05, 0) is 24.6 Å². The second-order valence-corrected chi connectivity index (χ2v) is 6.13. The molecular weight excluding hydrogens is 369 g/mol. The Balaban J connectivity index is 1.95. The molecule has 10 heteroatoms. The van der Waals surface area contributed by atoms with Crippen molar-refractivity contribution in [3.05, 3.63) is 40.9 Å². The minimum absolute atomic E-state index is 0.0766. The lowest BCUT2D eigenvalue weighted by Gasteiger charge is -2.09. The zero-order chi connectivity index (χ0) is 19.2. The Hall–Kier alpha value is -2.62. The van der Waals surface area contributed by atoms with Crippen LogP contribution < -0.4 is 16.0 Å². The molecule has 0 bridgehead atoms. The van der Waals surface area contributed by atoms with Gasteiger partial charge in [0.05, 0.1) is 12.1 Å². The highest BCUT2D eigenvalue weighted by Gasteiger charge is 2.30. The maximum atomic E-state index is 12.7. The van der Waals surface area contributed by atoms with Gasteiger partial charge in [-0.1, -0.05) is 13.0 Å². The maximum absolute atomic E-state index is 12.7. The molecule has 0 radical (unpaired) electrons. The van der Waals surface area contributed by atoms with Crippen LogP contribution in [-0.2, 0) is 11.0 Å². The number of alkyl halides is 3. The summed E-state index contributed by atoms with van der Waals surface area (Å²) in [6.07, 6.45) is -3.65. The molecule has 0 spiro atoms. The van der Waals surface area contributed by atoms with E-state index in [1.54, 1.807) is 0 Å². The van der Waals surface area contributed by atoms with Crippen LogP contribution in [0.1, 0.15) is 29.4 Å². The smallest absolute Gasteiger partial charge is 0.355 e. The van der Waals surface area contributed by atoms with Gasteiger partial charge in [0, 0.05) is 17.6 Å². The largest absolute Gasteiger partial charge is 0.416 e. The predicted molar refractivity (Wildman–Crippen MR) is 92.5 cm³/mol. The molecule has 140 valence electrons. The molecule has 0 saturated carbocycles. The fourth-order valence-electron chi connectivity index (χ4n) is 1.91. The molecule has 1 aromatic carbocycles. The number of halogens is 3. The van der Waals surface area contributed by atoms with Crippen LogP contribution in [-0.4, -0.2) is 29.9 Å². The first kappa shape index (κ1) is 19.7. The SMILES string of the molecule is CCCNC(=O)CNC(=O)c1csc(Nc2cccc(C(F)(F)F)c2)n1. The lowest BCUT2D eigenvalue weighted by molar-refractivity contribution is -0.137. The van der Waals surface area contributed by atoms with Gasteiger partial charge in [-0.25, -0.2) is 4.98 Å². The zero-order valence-corrected chi connectivity index (χ0v) is 14.6. The number of nitrogens with one attached hydrogen (secondary N) is 3. The molecule has 0 aliphatic rings. The van der Waals surface area contributed by atoms with Gasteiger partial charge >= 0.3 is 6.18 Å². The molecule has 2 rings (SSSR count). The number of hydrogen-bond acceptors (Lipinski definition) is 5. The normalized spacial score (nSPS) is 11.1. The molecule has 0 saturated heterocycles. The van der Waals surface area contributed by atoms with Crippen LogP contribution in [0.15, 0.2) is 29.6 Å². The number of anilines is 2. The van der Waals surface area contributed by atoms with E-state index in [0.717, 1.165) is 29.9 Å². The Morgan fingerprint density at radius 3 is 2.69 bits per heavy atom. The van der Waals surface area contributed by atoms with E-state index in [4.69, 9.17) is 0 Å². The lowest BCUT2D eigenvalue weighted by Crippen LogP contribution is -2.37. The molecule has 0 fully saturated rings. The van der Waals surface area contributed by atoms with Crippen LogP contribution in [0.2, 0.25) is 0 Å². The van der Waals surface area contributed by atoms with Crippen molar-refractivity contribution in [3.8, 4) is 0 Å². The van der Waals surface area contributed by atoms with Crippen LogP contribution >= 0.6 is 11.3 Å². The number of amides is 2. The molecular formula is C16H17F3N4O2S. The summed E-state index contributed by atoms with van der Waals surface area (Å²) in [6, 6.07) is 4.67. The summed E-state index contributed by atoms with van der Waals surface area (Å²) in [4.78, 5) is 27.4. The highest BCUT2D eigenvalue weighted by molar-refractivity contribution is 7.14. The van der Waals surface area contributed by atoms with Crippen LogP contribution in [0.25, 0.3) is 0 Å². The number of hydrogen-bond donors (Lipinski definition) is 3. The summed E-state index contributed by atoms with van der Waals surface area (Å²) in [5.74, 6) is -0.845. The van der Waals surface area contributed by atoms with E-state index in [1.807, 2.05) is 6.92 Å². The second-order valence-electron chi connectivity index (χ2n) is 5.27. The van der Waals surface area contributed by atoms with E-state index in [-0.39, 0.29) is 29.0 Å². The van der Waals surface area contributed by atoms with Gasteiger partial charge in [-0.3, -0.25) is 9.59 Å². The summed E-state index contributed by atoms with van der Waals surface area (Å²) in [7, 11) is 0. The fraction of sp³-hybridized carbons (Fsp3) is 0.312. The Kier molecular flexibility index (Phi) is 6.56. The van der Waals surface area contributed by atoms with Crippen molar-refractivity contribution in [2.45, 2.75) is 19.5 Å². The molecule has 1 aromatic heterocycles. The van der Waals surface area contributed by atoms with Gasteiger partial charge in [0.15, 0.2) is 5.13 Å². The number of carbonyl (C=O) groups is 2. The summed E-state index contributed by atoms with van der Waals surface area (Å²) in [5.41, 5.74) is -0.497. The lowest BCUT2D eigenvalue weighted by atomic mass is 10.2. The van der Waals surface area contributed by atoms with Gasteiger partial charge in [0.25, 0.3) is 5.91 Å². The van der Waals surface area contributed by atoms with Crippen LogP contribution in [0.4, 0.5) is 24.0 Å². The third-order valence-electron chi connectivity index (χ3n) is 3.16. The van der Waals surface area contributed by atoms with Crippen molar-refractivity contribution in [2.75, 3.05) is 18.4 Å². The van der Waals surface area contributed by atoms with E-state index in [1.165, 1.54) is 17.5 Å². The topological polar surface area (TPSA) is 83.1 Å². The van der Waals surface area contributed by atoms with Gasteiger partial charge in [0.2, 0.25) is 5.91 Å². The standard InChI is InChI=1S/C16H17F3N4O2S/c1-2-6-20-13(24)8-21-14(25)12-9-26-15(23-12)22-11-5-3-4-10(7-11)16(17,18)19/h3-5,7,9H,2,6,8H2,1H3,(H,20,24)(H,21,25)(H,22,23). The summed E-state index contributed by atoms with van der Waals surface area (Å²) >= 11 is 1.07. The van der Waals surface area contributed by atoms with E-state index in [0.29, 0.717) is 6.54 Å². The monoisotopic (exact) mass is 386 g/mol. The van der Waals surface area contributed by atoms with Gasteiger partial charge in [-0.15, -0.1) is 11.3 Å². The van der Waals surface area contributed by atoms with Crippen molar-refractivity contribution in [2.24, 2.45) is 0 Å². The molecule has 2 amide bonds. The van der Waals surface area contributed by atoms with E-state index >= 15 is 0 Å². The highest BCUT2D eigenvalue weighted by Crippen LogP contribution is 2.31. The number of carbonyl (C=O) groups excluding carboxylic acids is 2. The first-order valence-corrected chi connectivity index (χ1v) is 8.62. The van der Waals surface area contributed by atoms with Gasteiger partial charge in [-0.2, -0.15) is 13.2 Å². The molecule has 0 aliphatic carbocycles. The summed E-state index contributed by atoms with van der Waals surface area (Å²) in [6.45, 7) is 2.26. The van der Waals surface area contributed by atoms with Crippen LogP contribution in [0.5, 0.6) is 0 Å². The molecule has 0 atom stereocenters. The minimum atomic E-state index is -4.44. The number of benzene rings is 1. The highest BCUT2D eigenvalue weighted by atomic mass is 32.1. The minimum Gasteiger partial charge on any atom is -0.355 e. The fourth-order valence-corrected chi connectivity index (χ4v) is 2.62. The average molecular weight is 386 g/mol. The Labute approximate surface area is 151 Å². The van der Waals surface area contributed by atoms with Crippen molar-refractivity contribution < 1.29 is 22.8 Å². The molecule has 26 heavy (non-hydrogen) atoms. The van der Waals surface area contributed by atoms with Crippen LogP contribution in [0.3, 0.4) is 0 Å². The molecule has 3 N–H and O–H groups in total. The Bertz CT molecular complexity index is 777. The van der Waals surface area contributed by atoms with Gasteiger partial charge < -0.3 is 16.0 Å².